The van der Waals surface area contributed by atoms with E-state index in [2.05, 4.69) is 36.6 Å². The molecule has 1 heterocycles. The molecule has 0 saturated carbocycles. The summed E-state index contributed by atoms with van der Waals surface area (Å²) < 4.78 is 17.0. The number of benzene rings is 1. The zero-order chi connectivity index (χ0) is 19.4. The second-order valence-corrected chi connectivity index (χ2v) is 7.18. The number of hydrogen-bond acceptors (Lipinski definition) is 4. The van der Waals surface area contributed by atoms with Gasteiger partial charge in [0.05, 0.1) is 25.4 Å². The van der Waals surface area contributed by atoms with Gasteiger partial charge in [-0.05, 0) is 18.4 Å². The van der Waals surface area contributed by atoms with Gasteiger partial charge in [0, 0.05) is 46.3 Å². The Morgan fingerprint density at radius 3 is 2.63 bits per heavy atom. The normalized spacial score (nSPS) is 18.1. The van der Waals surface area contributed by atoms with Crippen molar-refractivity contribution in [3.05, 3.63) is 35.9 Å². The maximum atomic E-state index is 5.83. The average Bonchev–Trinajstić information content (AvgIpc) is 2.71. The van der Waals surface area contributed by atoms with Crippen LogP contribution in [0.4, 0.5) is 0 Å². The highest BCUT2D eigenvalue weighted by molar-refractivity contribution is 5.79. The van der Waals surface area contributed by atoms with Crippen LogP contribution in [0, 0.1) is 5.92 Å². The van der Waals surface area contributed by atoms with Crippen molar-refractivity contribution in [2.75, 3.05) is 46.6 Å². The summed E-state index contributed by atoms with van der Waals surface area (Å²) in [5.74, 6) is 1.22. The number of guanidine groups is 1. The summed E-state index contributed by atoms with van der Waals surface area (Å²) in [6.07, 6.45) is 1.77. The van der Waals surface area contributed by atoms with Gasteiger partial charge in [0.15, 0.2) is 5.96 Å². The van der Waals surface area contributed by atoms with E-state index in [1.807, 2.05) is 18.2 Å². The lowest BCUT2D eigenvalue weighted by atomic mass is 9.94. The molecule has 0 spiro atoms. The van der Waals surface area contributed by atoms with Crippen LogP contribution in [0.15, 0.2) is 35.3 Å². The van der Waals surface area contributed by atoms with Crippen molar-refractivity contribution >= 4 is 5.96 Å². The van der Waals surface area contributed by atoms with Crippen molar-refractivity contribution in [3.8, 4) is 0 Å². The summed E-state index contributed by atoms with van der Waals surface area (Å²) in [4.78, 5) is 4.75. The molecule has 1 aromatic rings. The number of rotatable bonds is 10. The van der Waals surface area contributed by atoms with Gasteiger partial charge in [0.2, 0.25) is 0 Å². The highest BCUT2D eigenvalue weighted by atomic mass is 16.5. The molecule has 1 unspecified atom stereocenters. The zero-order valence-corrected chi connectivity index (χ0v) is 17.0. The molecular weight excluding hydrogens is 342 g/mol. The highest BCUT2D eigenvalue weighted by Gasteiger charge is 2.32. The van der Waals surface area contributed by atoms with E-state index in [4.69, 9.17) is 19.2 Å². The molecule has 1 fully saturated rings. The Bertz CT molecular complexity index is 545. The van der Waals surface area contributed by atoms with E-state index < -0.39 is 0 Å². The van der Waals surface area contributed by atoms with Crippen LogP contribution in [0.5, 0.6) is 0 Å². The van der Waals surface area contributed by atoms with Crippen LogP contribution in [-0.2, 0) is 20.8 Å². The molecule has 6 nitrogen and oxygen atoms in total. The molecule has 1 aromatic carbocycles. The van der Waals surface area contributed by atoms with E-state index in [1.54, 1.807) is 7.11 Å². The third-order valence-electron chi connectivity index (χ3n) is 4.84. The van der Waals surface area contributed by atoms with E-state index in [0.29, 0.717) is 25.7 Å². The lowest BCUT2D eigenvalue weighted by Gasteiger charge is -2.34. The monoisotopic (exact) mass is 377 g/mol. The number of nitrogens with zero attached hydrogens (tertiary/aromatic N) is 1. The Morgan fingerprint density at radius 2 is 1.96 bits per heavy atom. The minimum absolute atomic E-state index is 0.203. The lowest BCUT2D eigenvalue weighted by Crippen LogP contribution is -2.44. The van der Waals surface area contributed by atoms with Crippen molar-refractivity contribution in [1.29, 1.82) is 0 Å². The molecule has 2 N–H and O–H groups in total. The number of ether oxygens (including phenoxy) is 3. The predicted molar refractivity (Wildman–Crippen MR) is 109 cm³/mol. The fourth-order valence-electron chi connectivity index (χ4n) is 3.02. The SMILES string of the molecule is CCNC(=NCC1(OC)CCOCC1)NCC(C)COCc1ccccc1. The Balaban J connectivity index is 1.75. The second kappa shape index (κ2) is 12.0. The number of nitrogens with one attached hydrogen (secondary N) is 2. The van der Waals surface area contributed by atoms with Gasteiger partial charge in [-0.2, -0.15) is 0 Å². The van der Waals surface area contributed by atoms with E-state index in [-0.39, 0.29) is 5.60 Å². The molecule has 1 aliphatic heterocycles. The standard InChI is InChI=1S/C21H35N3O3/c1-4-22-20(24-17-21(25-3)10-12-26-13-11-21)23-14-18(2)15-27-16-19-8-6-5-7-9-19/h5-9,18H,4,10-17H2,1-3H3,(H2,22,23,24). The van der Waals surface area contributed by atoms with Gasteiger partial charge in [0.1, 0.15) is 0 Å². The predicted octanol–water partition coefficient (Wildman–Crippen LogP) is 2.59. The minimum atomic E-state index is -0.203. The quantitative estimate of drug-likeness (QED) is 0.485. The van der Waals surface area contributed by atoms with Crippen molar-refractivity contribution in [2.24, 2.45) is 10.9 Å². The summed E-state index contributed by atoms with van der Waals surface area (Å²) >= 11 is 0. The summed E-state index contributed by atoms with van der Waals surface area (Å²) in [7, 11) is 1.77. The maximum Gasteiger partial charge on any atom is 0.191 e. The molecule has 27 heavy (non-hydrogen) atoms. The highest BCUT2D eigenvalue weighted by Crippen LogP contribution is 2.24. The minimum Gasteiger partial charge on any atom is -0.381 e. The van der Waals surface area contributed by atoms with Gasteiger partial charge in [-0.25, -0.2) is 0 Å². The first-order valence-corrected chi connectivity index (χ1v) is 9.94. The molecule has 0 bridgehead atoms. The van der Waals surface area contributed by atoms with Gasteiger partial charge in [-0.1, -0.05) is 37.3 Å². The number of methoxy groups -OCH3 is 1. The smallest absolute Gasteiger partial charge is 0.191 e. The molecule has 1 saturated heterocycles. The Morgan fingerprint density at radius 1 is 1.22 bits per heavy atom. The molecule has 0 aliphatic carbocycles. The fourth-order valence-corrected chi connectivity index (χ4v) is 3.02. The van der Waals surface area contributed by atoms with Gasteiger partial charge in [-0.15, -0.1) is 0 Å². The maximum absolute atomic E-state index is 5.83. The number of aliphatic imine (C=N–C) groups is 1. The molecule has 6 heteroatoms. The second-order valence-electron chi connectivity index (χ2n) is 7.18. The summed E-state index contributed by atoms with van der Waals surface area (Å²) in [5.41, 5.74) is 0.999. The average molecular weight is 378 g/mol. The van der Waals surface area contributed by atoms with Gasteiger partial charge < -0.3 is 24.8 Å². The van der Waals surface area contributed by atoms with Crippen LogP contribution in [-0.4, -0.2) is 58.1 Å². The van der Waals surface area contributed by atoms with Crippen LogP contribution >= 0.6 is 0 Å². The first-order chi connectivity index (χ1) is 13.2. The van der Waals surface area contributed by atoms with Crippen LogP contribution in [0.1, 0.15) is 32.3 Å². The van der Waals surface area contributed by atoms with Crippen molar-refractivity contribution in [3.63, 3.8) is 0 Å². The van der Waals surface area contributed by atoms with E-state index in [9.17, 15) is 0 Å². The molecule has 152 valence electrons. The first-order valence-electron chi connectivity index (χ1n) is 9.94. The van der Waals surface area contributed by atoms with Crippen LogP contribution < -0.4 is 10.6 Å². The molecular formula is C21H35N3O3. The first kappa shape index (κ1) is 21.7. The van der Waals surface area contributed by atoms with Crippen molar-refractivity contribution in [1.82, 2.24) is 10.6 Å². The van der Waals surface area contributed by atoms with Gasteiger partial charge in [0.25, 0.3) is 0 Å². The molecule has 0 aromatic heterocycles. The third-order valence-corrected chi connectivity index (χ3v) is 4.84. The molecule has 0 radical (unpaired) electrons. The fraction of sp³-hybridized carbons (Fsp3) is 0.667. The third kappa shape index (κ3) is 7.87. The Kier molecular flexibility index (Phi) is 9.59. The van der Waals surface area contributed by atoms with Crippen LogP contribution in [0.3, 0.4) is 0 Å². The van der Waals surface area contributed by atoms with Crippen molar-refractivity contribution in [2.45, 2.75) is 38.9 Å². The largest absolute Gasteiger partial charge is 0.381 e. The summed E-state index contributed by atoms with van der Waals surface area (Å²) in [5, 5.41) is 6.73. The topological polar surface area (TPSA) is 64.1 Å². The van der Waals surface area contributed by atoms with E-state index in [1.165, 1.54) is 5.56 Å². The van der Waals surface area contributed by atoms with Crippen LogP contribution in [0.2, 0.25) is 0 Å². The summed E-state index contributed by atoms with van der Waals surface area (Å²) in [6.45, 7) is 9.37. The zero-order valence-electron chi connectivity index (χ0n) is 17.0. The summed E-state index contributed by atoms with van der Waals surface area (Å²) in [6, 6.07) is 10.3. The Labute approximate surface area is 163 Å². The molecule has 2 rings (SSSR count). The number of hydrogen-bond donors (Lipinski definition) is 2. The van der Waals surface area contributed by atoms with E-state index in [0.717, 1.165) is 45.1 Å². The molecule has 1 atom stereocenters. The molecule has 1 aliphatic rings. The molecule has 0 amide bonds. The van der Waals surface area contributed by atoms with Gasteiger partial charge in [-0.3, -0.25) is 4.99 Å². The lowest BCUT2D eigenvalue weighted by molar-refractivity contribution is -0.0828. The Hall–Kier alpha value is -1.63. The van der Waals surface area contributed by atoms with Crippen LogP contribution in [0.25, 0.3) is 0 Å². The van der Waals surface area contributed by atoms with Crippen molar-refractivity contribution < 1.29 is 14.2 Å². The van der Waals surface area contributed by atoms with Gasteiger partial charge >= 0.3 is 0 Å². The van der Waals surface area contributed by atoms with E-state index >= 15 is 0 Å².